The number of halogens is 1. The smallest absolute Gasteiger partial charge is 0.127 e. The Labute approximate surface area is 118 Å². The molecule has 3 aromatic rings. The van der Waals surface area contributed by atoms with E-state index in [4.69, 9.17) is 0 Å². The molecule has 3 aromatic carbocycles. The molecule has 0 aliphatic rings. The first kappa shape index (κ1) is 12.6. The van der Waals surface area contributed by atoms with Crippen LogP contribution >= 0.6 is 0 Å². The van der Waals surface area contributed by atoms with Gasteiger partial charge >= 0.3 is 0 Å². The molecule has 1 radical (unpaired) electrons. The van der Waals surface area contributed by atoms with Crippen molar-refractivity contribution in [2.24, 2.45) is 0 Å². The van der Waals surface area contributed by atoms with E-state index in [-0.39, 0.29) is 5.82 Å². The zero-order valence-corrected chi connectivity index (χ0v) is 11.0. The highest BCUT2D eigenvalue weighted by Gasteiger charge is 2.10. The Morgan fingerprint density at radius 1 is 0.800 bits per heavy atom. The molecule has 0 aromatic heterocycles. The number of rotatable bonds is 3. The number of hydrogen-bond donors (Lipinski definition) is 0. The number of benzene rings is 3. The first-order valence-corrected chi connectivity index (χ1v) is 6.63. The van der Waals surface area contributed by atoms with E-state index in [1.54, 1.807) is 6.07 Å². The van der Waals surface area contributed by atoms with Crippen LogP contribution in [0, 0.1) is 11.9 Å². The molecule has 0 fully saturated rings. The minimum absolute atomic E-state index is 0.163. The zero-order valence-electron chi connectivity index (χ0n) is 11.0. The Hall–Kier alpha value is -2.41. The molecule has 0 atom stereocenters. The first-order valence-electron chi connectivity index (χ1n) is 6.63. The van der Waals surface area contributed by atoms with Crippen LogP contribution in [0.3, 0.4) is 0 Å². The van der Waals surface area contributed by atoms with E-state index in [2.05, 4.69) is 6.07 Å². The third kappa shape index (κ3) is 2.62. The van der Waals surface area contributed by atoms with Crippen LogP contribution in [0.4, 0.5) is 4.39 Å². The molecule has 0 aliphatic heterocycles. The van der Waals surface area contributed by atoms with E-state index in [0.717, 1.165) is 22.3 Å². The zero-order chi connectivity index (χ0) is 13.8. The van der Waals surface area contributed by atoms with Gasteiger partial charge in [-0.15, -0.1) is 0 Å². The molecule has 0 spiro atoms. The van der Waals surface area contributed by atoms with Crippen LogP contribution < -0.4 is 0 Å². The van der Waals surface area contributed by atoms with E-state index >= 15 is 0 Å². The van der Waals surface area contributed by atoms with E-state index in [1.807, 2.05) is 60.7 Å². The lowest BCUT2D eigenvalue weighted by Gasteiger charge is -2.11. The summed E-state index contributed by atoms with van der Waals surface area (Å²) in [5, 5.41) is 0. The summed E-state index contributed by atoms with van der Waals surface area (Å²) in [4.78, 5) is 0. The van der Waals surface area contributed by atoms with Gasteiger partial charge in [0.1, 0.15) is 5.82 Å². The Morgan fingerprint density at radius 2 is 1.60 bits per heavy atom. The SMILES string of the molecule is Fc1cccc(-c2ccccc2)c1Cc1[c]cccc1. The van der Waals surface area contributed by atoms with Crippen LogP contribution in [-0.2, 0) is 6.42 Å². The van der Waals surface area contributed by atoms with Crippen molar-refractivity contribution in [3.63, 3.8) is 0 Å². The van der Waals surface area contributed by atoms with Crippen molar-refractivity contribution in [1.29, 1.82) is 0 Å². The van der Waals surface area contributed by atoms with Gasteiger partial charge in [0.05, 0.1) is 0 Å². The van der Waals surface area contributed by atoms with Gasteiger partial charge in [0.15, 0.2) is 0 Å². The van der Waals surface area contributed by atoms with Crippen LogP contribution in [-0.4, -0.2) is 0 Å². The summed E-state index contributed by atoms with van der Waals surface area (Å²) in [7, 11) is 0. The molecule has 97 valence electrons. The monoisotopic (exact) mass is 261 g/mol. The molecule has 0 heterocycles. The summed E-state index contributed by atoms with van der Waals surface area (Å²) in [6, 6.07) is 26.0. The van der Waals surface area contributed by atoms with Crippen molar-refractivity contribution < 1.29 is 4.39 Å². The Morgan fingerprint density at radius 3 is 2.35 bits per heavy atom. The Balaban J connectivity index is 2.06. The van der Waals surface area contributed by atoms with Crippen LogP contribution in [0.15, 0.2) is 72.8 Å². The van der Waals surface area contributed by atoms with E-state index in [1.165, 1.54) is 6.07 Å². The van der Waals surface area contributed by atoms with Crippen molar-refractivity contribution >= 4 is 0 Å². The topological polar surface area (TPSA) is 0 Å². The van der Waals surface area contributed by atoms with Crippen LogP contribution in [0.25, 0.3) is 11.1 Å². The second-order valence-electron chi connectivity index (χ2n) is 4.70. The van der Waals surface area contributed by atoms with Crippen LogP contribution in [0.1, 0.15) is 11.1 Å². The Bertz CT molecular complexity index is 687. The minimum Gasteiger partial charge on any atom is -0.207 e. The standard InChI is InChI=1S/C19H14F/c20-19-13-7-12-17(16-10-5-2-6-11-16)18(19)14-15-8-3-1-4-9-15/h1-8,10-13H,14H2. The minimum atomic E-state index is -0.163. The molecule has 20 heavy (non-hydrogen) atoms. The maximum absolute atomic E-state index is 14.2. The molecule has 0 nitrogen and oxygen atoms in total. The van der Waals surface area contributed by atoms with Gasteiger partial charge in [-0.25, -0.2) is 4.39 Å². The fraction of sp³-hybridized carbons (Fsp3) is 0.0526. The van der Waals surface area contributed by atoms with Gasteiger partial charge in [-0.2, -0.15) is 0 Å². The van der Waals surface area contributed by atoms with Crippen molar-refractivity contribution in [2.75, 3.05) is 0 Å². The quantitative estimate of drug-likeness (QED) is 0.630. The summed E-state index contributed by atoms with van der Waals surface area (Å²) in [6.07, 6.45) is 0.553. The largest absolute Gasteiger partial charge is 0.207 e. The molecular weight excluding hydrogens is 247 g/mol. The average Bonchev–Trinajstić information content (AvgIpc) is 2.51. The summed E-state index contributed by atoms with van der Waals surface area (Å²) in [6.45, 7) is 0. The predicted octanol–water partition coefficient (Wildman–Crippen LogP) is 4.88. The lowest BCUT2D eigenvalue weighted by atomic mass is 9.94. The molecular formula is C19H14F. The molecule has 0 bridgehead atoms. The highest BCUT2D eigenvalue weighted by Crippen LogP contribution is 2.27. The van der Waals surface area contributed by atoms with Crippen molar-refractivity contribution in [2.45, 2.75) is 6.42 Å². The highest BCUT2D eigenvalue weighted by molar-refractivity contribution is 5.68. The van der Waals surface area contributed by atoms with Gasteiger partial charge in [0.25, 0.3) is 0 Å². The third-order valence-electron chi connectivity index (χ3n) is 3.34. The normalized spacial score (nSPS) is 10.4. The van der Waals surface area contributed by atoms with Crippen molar-refractivity contribution in [1.82, 2.24) is 0 Å². The molecule has 0 N–H and O–H groups in total. The summed E-state index contributed by atoms with van der Waals surface area (Å²) < 4.78 is 14.2. The second-order valence-corrected chi connectivity index (χ2v) is 4.70. The van der Waals surface area contributed by atoms with E-state index in [0.29, 0.717) is 6.42 Å². The van der Waals surface area contributed by atoms with Crippen LogP contribution in [0.5, 0.6) is 0 Å². The van der Waals surface area contributed by atoms with E-state index < -0.39 is 0 Å². The molecule has 0 aliphatic carbocycles. The van der Waals surface area contributed by atoms with Gasteiger partial charge < -0.3 is 0 Å². The maximum Gasteiger partial charge on any atom is 0.127 e. The fourth-order valence-electron chi connectivity index (χ4n) is 2.36. The summed E-state index contributed by atoms with van der Waals surface area (Å²) in [5.41, 5.74) is 3.71. The van der Waals surface area contributed by atoms with Gasteiger partial charge in [-0.1, -0.05) is 66.7 Å². The summed E-state index contributed by atoms with van der Waals surface area (Å²) in [5.74, 6) is -0.163. The first-order chi connectivity index (χ1) is 9.84. The van der Waals surface area contributed by atoms with Gasteiger partial charge in [-0.05, 0) is 28.8 Å². The molecule has 1 heteroatoms. The fourth-order valence-corrected chi connectivity index (χ4v) is 2.36. The average molecular weight is 261 g/mol. The molecule has 3 rings (SSSR count). The maximum atomic E-state index is 14.2. The lowest BCUT2D eigenvalue weighted by Crippen LogP contribution is -1.96. The summed E-state index contributed by atoms with van der Waals surface area (Å²) >= 11 is 0. The molecule has 0 saturated carbocycles. The lowest BCUT2D eigenvalue weighted by molar-refractivity contribution is 0.614. The number of hydrogen-bond acceptors (Lipinski definition) is 0. The molecule has 0 saturated heterocycles. The third-order valence-corrected chi connectivity index (χ3v) is 3.34. The molecule has 0 unspecified atom stereocenters. The van der Waals surface area contributed by atoms with E-state index in [9.17, 15) is 4.39 Å². The van der Waals surface area contributed by atoms with Gasteiger partial charge in [-0.3, -0.25) is 0 Å². The Kier molecular flexibility index (Phi) is 3.60. The second kappa shape index (κ2) is 5.70. The predicted molar refractivity (Wildman–Crippen MR) is 79.9 cm³/mol. The highest BCUT2D eigenvalue weighted by atomic mass is 19.1. The van der Waals surface area contributed by atoms with Crippen LogP contribution in [0.2, 0.25) is 0 Å². The van der Waals surface area contributed by atoms with Crippen molar-refractivity contribution in [3.8, 4) is 11.1 Å². The molecule has 0 amide bonds. The van der Waals surface area contributed by atoms with Gasteiger partial charge in [0.2, 0.25) is 0 Å². The van der Waals surface area contributed by atoms with Crippen molar-refractivity contribution in [3.05, 3.63) is 95.8 Å². The van der Waals surface area contributed by atoms with Gasteiger partial charge in [0, 0.05) is 12.0 Å².